The first kappa shape index (κ1) is 12.1. The van der Waals surface area contributed by atoms with E-state index in [4.69, 9.17) is 0 Å². The summed E-state index contributed by atoms with van der Waals surface area (Å²) in [5, 5.41) is 8.00. The average molecular weight is 229 g/mol. The van der Waals surface area contributed by atoms with Crippen molar-refractivity contribution in [2.24, 2.45) is 0 Å². The molecule has 14 heavy (non-hydrogen) atoms. The minimum atomic E-state index is 0.638. The van der Waals surface area contributed by atoms with E-state index in [1.807, 2.05) is 11.8 Å². The molecule has 0 aromatic carbocycles. The molecule has 1 aromatic rings. The van der Waals surface area contributed by atoms with Gasteiger partial charge in [0.1, 0.15) is 0 Å². The third-order valence-corrected chi connectivity index (χ3v) is 3.58. The Kier molecular flexibility index (Phi) is 6.32. The number of nitrogens with one attached hydrogen (secondary N) is 1. The molecule has 1 nitrogen and oxygen atoms in total. The molecule has 1 unspecified atom stereocenters. The summed E-state index contributed by atoms with van der Waals surface area (Å²) in [4.78, 5) is 0. The molecule has 1 heterocycles. The molecule has 1 atom stereocenters. The SMILES string of the molecule is CCCNC(CSC)Cc1ccsc1. The van der Waals surface area contributed by atoms with Crippen LogP contribution in [-0.4, -0.2) is 24.6 Å². The van der Waals surface area contributed by atoms with E-state index in [1.165, 1.54) is 24.2 Å². The minimum absolute atomic E-state index is 0.638. The second-order valence-electron chi connectivity index (χ2n) is 3.44. The molecule has 80 valence electrons. The summed E-state index contributed by atoms with van der Waals surface area (Å²) in [6, 6.07) is 2.87. The molecule has 0 spiro atoms. The summed E-state index contributed by atoms with van der Waals surface area (Å²) in [5.74, 6) is 1.20. The van der Waals surface area contributed by atoms with Gasteiger partial charge in [0.25, 0.3) is 0 Å². The first-order chi connectivity index (χ1) is 6.86. The van der Waals surface area contributed by atoms with Crippen molar-refractivity contribution in [3.05, 3.63) is 22.4 Å². The maximum absolute atomic E-state index is 3.59. The molecule has 0 aliphatic carbocycles. The van der Waals surface area contributed by atoms with Crippen molar-refractivity contribution in [2.45, 2.75) is 25.8 Å². The molecule has 1 rings (SSSR count). The van der Waals surface area contributed by atoms with Crippen molar-refractivity contribution in [3.8, 4) is 0 Å². The van der Waals surface area contributed by atoms with Gasteiger partial charge in [-0.25, -0.2) is 0 Å². The van der Waals surface area contributed by atoms with Gasteiger partial charge in [-0.1, -0.05) is 6.92 Å². The molecule has 0 aliphatic heterocycles. The summed E-state index contributed by atoms with van der Waals surface area (Å²) in [5.41, 5.74) is 1.47. The number of thiophene rings is 1. The van der Waals surface area contributed by atoms with Crippen LogP contribution in [0.5, 0.6) is 0 Å². The highest BCUT2D eigenvalue weighted by molar-refractivity contribution is 7.98. The van der Waals surface area contributed by atoms with Gasteiger partial charge in [0.2, 0.25) is 0 Å². The van der Waals surface area contributed by atoms with Gasteiger partial charge in [0.15, 0.2) is 0 Å². The molecule has 0 bridgehead atoms. The Morgan fingerprint density at radius 2 is 2.43 bits per heavy atom. The summed E-state index contributed by atoms with van der Waals surface area (Å²) in [6.07, 6.45) is 4.56. The van der Waals surface area contributed by atoms with Crippen molar-refractivity contribution < 1.29 is 0 Å². The lowest BCUT2D eigenvalue weighted by molar-refractivity contribution is 0.551. The van der Waals surface area contributed by atoms with Crippen LogP contribution in [0.4, 0.5) is 0 Å². The lowest BCUT2D eigenvalue weighted by Crippen LogP contribution is -2.33. The minimum Gasteiger partial charge on any atom is -0.313 e. The van der Waals surface area contributed by atoms with Gasteiger partial charge in [-0.3, -0.25) is 0 Å². The van der Waals surface area contributed by atoms with Crippen molar-refractivity contribution in [3.63, 3.8) is 0 Å². The van der Waals surface area contributed by atoms with E-state index in [2.05, 4.69) is 35.3 Å². The number of hydrogen-bond acceptors (Lipinski definition) is 3. The van der Waals surface area contributed by atoms with Gasteiger partial charge in [0.05, 0.1) is 0 Å². The van der Waals surface area contributed by atoms with Crippen LogP contribution in [0.1, 0.15) is 18.9 Å². The Balaban J connectivity index is 2.34. The highest BCUT2D eigenvalue weighted by Crippen LogP contribution is 2.10. The van der Waals surface area contributed by atoms with Gasteiger partial charge >= 0.3 is 0 Å². The van der Waals surface area contributed by atoms with Gasteiger partial charge in [-0.15, -0.1) is 0 Å². The lowest BCUT2D eigenvalue weighted by atomic mass is 10.1. The number of rotatable bonds is 7. The number of thioether (sulfide) groups is 1. The molecular formula is C11H19NS2. The average Bonchev–Trinajstić information content (AvgIpc) is 2.67. The van der Waals surface area contributed by atoms with Crippen LogP contribution in [0, 0.1) is 0 Å². The molecule has 0 aliphatic rings. The van der Waals surface area contributed by atoms with E-state index in [-0.39, 0.29) is 0 Å². The second kappa shape index (κ2) is 7.32. The van der Waals surface area contributed by atoms with Crippen LogP contribution < -0.4 is 5.32 Å². The molecule has 0 fully saturated rings. The fourth-order valence-corrected chi connectivity index (χ4v) is 2.75. The lowest BCUT2D eigenvalue weighted by Gasteiger charge is -2.16. The van der Waals surface area contributed by atoms with Crippen LogP contribution in [0.3, 0.4) is 0 Å². The van der Waals surface area contributed by atoms with Gasteiger partial charge in [-0.2, -0.15) is 23.1 Å². The van der Waals surface area contributed by atoms with Gasteiger partial charge in [-0.05, 0) is 48.0 Å². The van der Waals surface area contributed by atoms with Crippen LogP contribution >= 0.6 is 23.1 Å². The van der Waals surface area contributed by atoms with E-state index in [0.717, 1.165) is 6.54 Å². The summed E-state index contributed by atoms with van der Waals surface area (Å²) < 4.78 is 0. The van der Waals surface area contributed by atoms with E-state index in [0.29, 0.717) is 6.04 Å². The largest absolute Gasteiger partial charge is 0.313 e. The van der Waals surface area contributed by atoms with Crippen molar-refractivity contribution in [2.75, 3.05) is 18.6 Å². The first-order valence-electron chi connectivity index (χ1n) is 5.10. The standard InChI is InChI=1S/C11H19NS2/c1-3-5-12-11(9-13-2)7-10-4-6-14-8-10/h4,6,8,11-12H,3,5,7,9H2,1-2H3. The van der Waals surface area contributed by atoms with Crippen LogP contribution in [0.25, 0.3) is 0 Å². The zero-order valence-electron chi connectivity index (χ0n) is 8.95. The predicted molar refractivity (Wildman–Crippen MR) is 68.5 cm³/mol. The Morgan fingerprint density at radius 3 is 3.00 bits per heavy atom. The Morgan fingerprint density at radius 1 is 1.57 bits per heavy atom. The van der Waals surface area contributed by atoms with E-state index < -0.39 is 0 Å². The third kappa shape index (κ3) is 4.49. The monoisotopic (exact) mass is 229 g/mol. The molecule has 0 radical (unpaired) electrons. The van der Waals surface area contributed by atoms with Crippen molar-refractivity contribution in [1.82, 2.24) is 5.32 Å². The van der Waals surface area contributed by atoms with Crippen molar-refractivity contribution >= 4 is 23.1 Å². The zero-order chi connectivity index (χ0) is 10.2. The second-order valence-corrected chi connectivity index (χ2v) is 5.13. The number of hydrogen-bond donors (Lipinski definition) is 1. The van der Waals surface area contributed by atoms with E-state index in [9.17, 15) is 0 Å². The fourth-order valence-electron chi connectivity index (χ4n) is 1.43. The van der Waals surface area contributed by atoms with E-state index in [1.54, 1.807) is 11.3 Å². The predicted octanol–water partition coefficient (Wildman–Crippen LogP) is 3.02. The molecule has 1 N–H and O–H groups in total. The Labute approximate surface area is 95.3 Å². The summed E-state index contributed by atoms with van der Waals surface area (Å²) in [7, 11) is 0. The molecular weight excluding hydrogens is 210 g/mol. The quantitative estimate of drug-likeness (QED) is 0.771. The Bertz CT molecular complexity index is 221. The topological polar surface area (TPSA) is 12.0 Å². The summed E-state index contributed by atoms with van der Waals surface area (Å²) >= 11 is 3.71. The van der Waals surface area contributed by atoms with E-state index >= 15 is 0 Å². The molecule has 0 saturated carbocycles. The molecule has 1 aromatic heterocycles. The molecule has 0 saturated heterocycles. The highest BCUT2D eigenvalue weighted by atomic mass is 32.2. The zero-order valence-corrected chi connectivity index (χ0v) is 10.6. The van der Waals surface area contributed by atoms with Crippen LogP contribution in [-0.2, 0) is 6.42 Å². The smallest absolute Gasteiger partial charge is 0.0198 e. The van der Waals surface area contributed by atoms with Crippen molar-refractivity contribution in [1.29, 1.82) is 0 Å². The normalized spacial score (nSPS) is 13.0. The maximum atomic E-state index is 3.59. The first-order valence-corrected chi connectivity index (χ1v) is 7.44. The highest BCUT2D eigenvalue weighted by Gasteiger charge is 2.07. The van der Waals surface area contributed by atoms with Crippen LogP contribution in [0.2, 0.25) is 0 Å². The maximum Gasteiger partial charge on any atom is 0.0198 e. The summed E-state index contributed by atoms with van der Waals surface area (Å²) in [6.45, 7) is 3.35. The Hall–Kier alpha value is 0.01000. The molecule has 3 heteroatoms. The molecule has 0 amide bonds. The third-order valence-electron chi connectivity index (χ3n) is 2.11. The fraction of sp³-hybridized carbons (Fsp3) is 0.636. The van der Waals surface area contributed by atoms with Gasteiger partial charge < -0.3 is 5.32 Å². The van der Waals surface area contributed by atoms with Gasteiger partial charge in [0, 0.05) is 11.8 Å². The van der Waals surface area contributed by atoms with Crippen LogP contribution in [0.15, 0.2) is 16.8 Å².